The topological polar surface area (TPSA) is 193 Å². The first kappa shape index (κ1) is 31.4. The van der Waals surface area contributed by atoms with Crippen molar-refractivity contribution < 1.29 is 50.5 Å². The molecule has 0 radical (unpaired) electrons. The highest BCUT2D eigenvalue weighted by Gasteiger charge is 2.30. The molecule has 13 heteroatoms. The molecule has 0 aliphatic rings. The summed E-state index contributed by atoms with van der Waals surface area (Å²) >= 11 is 0. The standard InChI is InChI=1S/C30H26O11S2/c1-30(16-15-28(32)33,21-6-10-23(31)11-7-21)22-8-12-24(13-9-22)41-26-14-5-20(18-27(26)43(38,39)40)29(34)19-3-2-4-25(17-19)42(35,36)37/h2-14,17-18,31H,15-16H2,1H3,(H,32,33)(H,35,36,37)(H,38,39,40). The number of phenols is 1. The molecule has 11 nitrogen and oxygen atoms in total. The third-order valence-electron chi connectivity index (χ3n) is 6.94. The monoisotopic (exact) mass is 626 g/mol. The summed E-state index contributed by atoms with van der Waals surface area (Å²) in [6.07, 6.45) is 0.112. The molecule has 1 unspecified atom stereocenters. The van der Waals surface area contributed by atoms with Crippen molar-refractivity contribution in [2.24, 2.45) is 0 Å². The molecule has 4 aromatic rings. The van der Waals surface area contributed by atoms with Gasteiger partial charge >= 0.3 is 5.97 Å². The number of benzene rings is 4. The molecule has 0 saturated carbocycles. The number of carboxylic acid groups (broad SMARTS) is 1. The Morgan fingerprint density at radius 3 is 1.91 bits per heavy atom. The van der Waals surface area contributed by atoms with Gasteiger partial charge in [-0.15, -0.1) is 0 Å². The third kappa shape index (κ3) is 7.27. The first-order valence-corrected chi connectivity index (χ1v) is 15.5. The van der Waals surface area contributed by atoms with Crippen molar-refractivity contribution in [1.29, 1.82) is 0 Å². The third-order valence-corrected chi connectivity index (χ3v) is 8.66. The predicted octanol–water partition coefficient (Wildman–Crippen LogP) is 5.08. The Morgan fingerprint density at radius 2 is 1.35 bits per heavy atom. The Morgan fingerprint density at radius 1 is 0.767 bits per heavy atom. The summed E-state index contributed by atoms with van der Waals surface area (Å²) < 4.78 is 72.2. The highest BCUT2D eigenvalue weighted by atomic mass is 32.2. The van der Waals surface area contributed by atoms with E-state index < -0.39 is 47.2 Å². The van der Waals surface area contributed by atoms with Crippen LogP contribution in [0.5, 0.6) is 17.2 Å². The summed E-state index contributed by atoms with van der Waals surface area (Å²) in [5.41, 5.74) is 0.357. The van der Waals surface area contributed by atoms with E-state index in [0.717, 1.165) is 35.4 Å². The molecule has 0 spiro atoms. The first-order valence-electron chi connectivity index (χ1n) is 12.6. The van der Waals surface area contributed by atoms with Crippen molar-refractivity contribution in [3.63, 3.8) is 0 Å². The molecule has 0 aliphatic carbocycles. The molecule has 4 N–H and O–H groups in total. The van der Waals surface area contributed by atoms with Crippen LogP contribution in [0.1, 0.15) is 46.8 Å². The molecular formula is C30H26O11S2. The Kier molecular flexibility index (Phi) is 8.74. The molecule has 0 amide bonds. The van der Waals surface area contributed by atoms with Crippen LogP contribution in [0.2, 0.25) is 0 Å². The molecule has 0 saturated heterocycles. The number of aromatic hydroxyl groups is 1. The number of ether oxygens (including phenoxy) is 1. The van der Waals surface area contributed by atoms with Gasteiger partial charge in [-0.25, -0.2) is 0 Å². The van der Waals surface area contributed by atoms with Gasteiger partial charge in [-0.2, -0.15) is 16.8 Å². The smallest absolute Gasteiger partial charge is 0.303 e. The molecule has 224 valence electrons. The maximum absolute atomic E-state index is 13.0. The molecule has 0 bridgehead atoms. The van der Waals surface area contributed by atoms with Gasteiger partial charge in [0.25, 0.3) is 20.2 Å². The highest BCUT2D eigenvalue weighted by Crippen LogP contribution is 2.39. The van der Waals surface area contributed by atoms with E-state index in [-0.39, 0.29) is 41.2 Å². The van der Waals surface area contributed by atoms with Crippen LogP contribution in [0, 0.1) is 0 Å². The average Bonchev–Trinajstić information content (AvgIpc) is 2.95. The SMILES string of the molecule is CC(CCC(=O)O)(c1ccc(O)cc1)c1ccc(Oc2ccc(C(=O)c3cccc(S(=O)(=O)O)c3)cc2S(=O)(=O)O)cc1. The fourth-order valence-corrected chi connectivity index (χ4v) is 5.73. The number of rotatable bonds is 11. The van der Waals surface area contributed by atoms with Crippen LogP contribution >= 0.6 is 0 Å². The average molecular weight is 627 g/mol. The van der Waals surface area contributed by atoms with Gasteiger partial charge in [-0.1, -0.05) is 43.3 Å². The fraction of sp³-hybridized carbons (Fsp3) is 0.133. The van der Waals surface area contributed by atoms with Gasteiger partial charge in [0, 0.05) is 23.0 Å². The van der Waals surface area contributed by atoms with Crippen LogP contribution in [0.15, 0.2) is 101 Å². The number of phenolic OH excluding ortho intramolecular Hbond substituents is 1. The molecular weight excluding hydrogens is 600 g/mol. The van der Waals surface area contributed by atoms with Gasteiger partial charge in [0.2, 0.25) is 0 Å². The number of hydrogen-bond donors (Lipinski definition) is 4. The van der Waals surface area contributed by atoms with Crippen LogP contribution in [0.25, 0.3) is 0 Å². The minimum atomic E-state index is -4.90. The maximum atomic E-state index is 13.0. The second-order valence-corrected chi connectivity index (χ2v) is 12.7. The van der Waals surface area contributed by atoms with Crippen LogP contribution in [0.3, 0.4) is 0 Å². The number of carbonyl (C=O) groups is 2. The van der Waals surface area contributed by atoms with E-state index >= 15 is 0 Å². The Labute approximate surface area is 247 Å². The number of ketones is 1. The van der Waals surface area contributed by atoms with E-state index in [1.807, 2.05) is 6.92 Å². The van der Waals surface area contributed by atoms with Gasteiger partial charge in [-0.05, 0) is 72.1 Å². The lowest BCUT2D eigenvalue weighted by molar-refractivity contribution is -0.137. The van der Waals surface area contributed by atoms with Crippen LogP contribution in [-0.2, 0) is 30.4 Å². The molecule has 4 rings (SSSR count). The molecule has 0 heterocycles. The molecule has 4 aromatic carbocycles. The largest absolute Gasteiger partial charge is 0.508 e. The van der Waals surface area contributed by atoms with Gasteiger partial charge in [-0.3, -0.25) is 18.7 Å². The van der Waals surface area contributed by atoms with Crippen molar-refractivity contribution in [1.82, 2.24) is 0 Å². The minimum absolute atomic E-state index is 0.0575. The molecule has 0 fully saturated rings. The summed E-state index contributed by atoms with van der Waals surface area (Å²) in [5, 5.41) is 19.0. The number of carboxylic acids is 1. The predicted molar refractivity (Wildman–Crippen MR) is 154 cm³/mol. The highest BCUT2D eigenvalue weighted by molar-refractivity contribution is 7.86. The Hall–Kier alpha value is -4.56. The summed E-state index contributed by atoms with van der Waals surface area (Å²) in [6.45, 7) is 1.86. The van der Waals surface area contributed by atoms with E-state index in [9.17, 15) is 45.7 Å². The number of aliphatic carboxylic acids is 1. The van der Waals surface area contributed by atoms with E-state index in [1.54, 1.807) is 24.3 Å². The molecule has 43 heavy (non-hydrogen) atoms. The van der Waals surface area contributed by atoms with Crippen LogP contribution < -0.4 is 4.74 Å². The lowest BCUT2D eigenvalue weighted by Gasteiger charge is -2.31. The zero-order valence-corrected chi connectivity index (χ0v) is 24.2. The number of carbonyl (C=O) groups excluding carboxylic acids is 1. The number of hydrogen-bond acceptors (Lipinski definition) is 8. The van der Waals surface area contributed by atoms with Crippen molar-refractivity contribution in [3.8, 4) is 17.2 Å². The van der Waals surface area contributed by atoms with Crippen molar-refractivity contribution in [2.75, 3.05) is 0 Å². The quantitative estimate of drug-likeness (QED) is 0.128. The fourth-order valence-electron chi connectivity index (χ4n) is 4.56. The zero-order valence-electron chi connectivity index (χ0n) is 22.5. The second-order valence-electron chi connectivity index (χ2n) is 9.87. The molecule has 0 aromatic heterocycles. The van der Waals surface area contributed by atoms with Gasteiger partial charge in [0.05, 0.1) is 4.90 Å². The lowest BCUT2D eigenvalue weighted by Crippen LogP contribution is -2.24. The van der Waals surface area contributed by atoms with Crippen molar-refractivity contribution in [3.05, 3.63) is 113 Å². The Balaban J connectivity index is 1.66. The minimum Gasteiger partial charge on any atom is -0.508 e. The van der Waals surface area contributed by atoms with E-state index in [2.05, 4.69) is 0 Å². The molecule has 1 atom stereocenters. The summed E-state index contributed by atoms with van der Waals surface area (Å²) in [5.74, 6) is -1.83. The van der Waals surface area contributed by atoms with E-state index in [1.165, 1.54) is 42.5 Å². The normalized spacial score (nSPS) is 13.2. The summed E-state index contributed by atoms with van der Waals surface area (Å²) in [6, 6.07) is 20.6. The summed E-state index contributed by atoms with van der Waals surface area (Å²) in [4.78, 5) is 23.1. The zero-order chi connectivity index (χ0) is 31.6. The van der Waals surface area contributed by atoms with Crippen LogP contribution in [-0.4, -0.2) is 47.9 Å². The van der Waals surface area contributed by atoms with Gasteiger partial charge in [0.1, 0.15) is 22.1 Å². The van der Waals surface area contributed by atoms with Gasteiger partial charge < -0.3 is 14.9 Å². The second kappa shape index (κ2) is 12.0. The van der Waals surface area contributed by atoms with E-state index in [4.69, 9.17) is 4.74 Å². The van der Waals surface area contributed by atoms with Crippen molar-refractivity contribution >= 4 is 32.0 Å². The van der Waals surface area contributed by atoms with E-state index in [0.29, 0.717) is 0 Å². The Bertz CT molecular complexity index is 1900. The van der Waals surface area contributed by atoms with Crippen molar-refractivity contribution in [2.45, 2.75) is 35.0 Å². The summed E-state index contributed by atoms with van der Waals surface area (Å²) in [7, 11) is -9.49. The first-order chi connectivity index (χ1) is 20.1. The van der Waals surface area contributed by atoms with Crippen LogP contribution in [0.4, 0.5) is 0 Å². The maximum Gasteiger partial charge on any atom is 0.303 e. The van der Waals surface area contributed by atoms with Gasteiger partial charge in [0.15, 0.2) is 5.78 Å². The molecule has 0 aliphatic heterocycles. The lowest BCUT2D eigenvalue weighted by atomic mass is 9.73.